The Balaban J connectivity index is 2.49. The molecule has 0 N–H and O–H groups in total. The molecule has 0 amide bonds. The number of carbonyl (C=O) groups is 1. The topological polar surface area (TPSA) is 35.5 Å². The van der Waals surface area contributed by atoms with Crippen molar-refractivity contribution in [2.24, 2.45) is 0 Å². The third kappa shape index (κ3) is 3.24. The monoisotopic (exact) mass is 196 g/mol. The van der Waals surface area contributed by atoms with Crippen LogP contribution in [0, 0.1) is 0 Å². The van der Waals surface area contributed by atoms with Gasteiger partial charge in [-0.15, -0.1) is 0 Å². The molecule has 14 heavy (non-hydrogen) atoms. The minimum atomic E-state index is -0.259. The lowest BCUT2D eigenvalue weighted by molar-refractivity contribution is -0.138. The molecule has 0 aromatic carbocycles. The first-order valence-corrected chi connectivity index (χ1v) is 4.90. The van der Waals surface area contributed by atoms with E-state index in [4.69, 9.17) is 9.47 Å². The fourth-order valence-electron chi connectivity index (χ4n) is 1.27. The van der Waals surface area contributed by atoms with Crippen LogP contribution in [-0.2, 0) is 14.3 Å². The molecular formula is C11H16O3. The molecule has 0 fully saturated rings. The molecule has 0 spiro atoms. The first kappa shape index (κ1) is 10.8. The molecule has 1 heterocycles. The number of rotatable bonds is 3. The highest BCUT2D eigenvalue weighted by molar-refractivity contribution is 5.87. The SMILES string of the molecule is CCOC(=O)/C(C)=C/C1CCC=CO1. The van der Waals surface area contributed by atoms with Crippen molar-refractivity contribution in [3.8, 4) is 0 Å². The van der Waals surface area contributed by atoms with Crippen molar-refractivity contribution in [3.05, 3.63) is 24.0 Å². The predicted molar refractivity (Wildman–Crippen MR) is 53.6 cm³/mol. The lowest BCUT2D eigenvalue weighted by atomic mass is 10.1. The van der Waals surface area contributed by atoms with Crippen LogP contribution in [0.15, 0.2) is 24.0 Å². The zero-order valence-corrected chi connectivity index (χ0v) is 8.66. The maximum Gasteiger partial charge on any atom is 0.333 e. The summed E-state index contributed by atoms with van der Waals surface area (Å²) in [5, 5.41) is 0. The van der Waals surface area contributed by atoms with Crippen molar-refractivity contribution >= 4 is 5.97 Å². The maximum absolute atomic E-state index is 11.3. The smallest absolute Gasteiger partial charge is 0.333 e. The Labute approximate surface area is 84.4 Å². The van der Waals surface area contributed by atoms with E-state index in [0.717, 1.165) is 12.8 Å². The molecule has 0 aromatic heterocycles. The van der Waals surface area contributed by atoms with Crippen LogP contribution in [0.25, 0.3) is 0 Å². The van der Waals surface area contributed by atoms with E-state index in [2.05, 4.69) is 0 Å². The summed E-state index contributed by atoms with van der Waals surface area (Å²) in [6, 6.07) is 0. The molecule has 78 valence electrons. The summed E-state index contributed by atoms with van der Waals surface area (Å²) in [6.45, 7) is 3.96. The van der Waals surface area contributed by atoms with Gasteiger partial charge in [0, 0.05) is 5.57 Å². The van der Waals surface area contributed by atoms with E-state index in [1.54, 1.807) is 20.1 Å². The number of ether oxygens (including phenoxy) is 2. The molecule has 1 aliphatic heterocycles. The number of carbonyl (C=O) groups excluding carboxylic acids is 1. The summed E-state index contributed by atoms with van der Waals surface area (Å²) in [5.41, 5.74) is 0.618. The first-order valence-electron chi connectivity index (χ1n) is 4.90. The first-order chi connectivity index (χ1) is 6.74. The van der Waals surface area contributed by atoms with Gasteiger partial charge in [-0.1, -0.05) is 0 Å². The van der Waals surface area contributed by atoms with E-state index in [1.807, 2.05) is 12.2 Å². The molecule has 3 nitrogen and oxygen atoms in total. The molecule has 0 radical (unpaired) electrons. The molecule has 0 saturated carbocycles. The summed E-state index contributed by atoms with van der Waals surface area (Å²) < 4.78 is 10.2. The fourth-order valence-corrected chi connectivity index (χ4v) is 1.27. The van der Waals surface area contributed by atoms with Crippen LogP contribution in [0.1, 0.15) is 26.7 Å². The van der Waals surface area contributed by atoms with Crippen LogP contribution in [-0.4, -0.2) is 18.7 Å². The van der Waals surface area contributed by atoms with Gasteiger partial charge in [0.15, 0.2) is 0 Å². The average Bonchev–Trinajstić information content (AvgIpc) is 2.19. The number of allylic oxidation sites excluding steroid dienone is 1. The second kappa shape index (κ2) is 5.47. The summed E-state index contributed by atoms with van der Waals surface area (Å²) in [4.78, 5) is 11.3. The Bertz CT molecular complexity index is 253. The highest BCUT2D eigenvalue weighted by Gasteiger charge is 2.11. The van der Waals surface area contributed by atoms with Crippen LogP contribution in [0.5, 0.6) is 0 Å². The molecule has 1 atom stereocenters. The van der Waals surface area contributed by atoms with Gasteiger partial charge in [-0.3, -0.25) is 0 Å². The van der Waals surface area contributed by atoms with Gasteiger partial charge < -0.3 is 9.47 Å². The van der Waals surface area contributed by atoms with Crippen LogP contribution in [0.3, 0.4) is 0 Å². The number of hydrogen-bond acceptors (Lipinski definition) is 3. The van der Waals surface area contributed by atoms with E-state index in [0.29, 0.717) is 12.2 Å². The van der Waals surface area contributed by atoms with Crippen molar-refractivity contribution in [2.75, 3.05) is 6.61 Å². The van der Waals surface area contributed by atoms with E-state index >= 15 is 0 Å². The number of esters is 1. The van der Waals surface area contributed by atoms with Gasteiger partial charge in [-0.2, -0.15) is 0 Å². The minimum absolute atomic E-state index is 0.0180. The summed E-state index contributed by atoms with van der Waals surface area (Å²) in [5.74, 6) is -0.259. The minimum Gasteiger partial charge on any atom is -0.494 e. The Kier molecular flexibility index (Phi) is 4.23. The van der Waals surface area contributed by atoms with Crippen LogP contribution < -0.4 is 0 Å². The third-order valence-corrected chi connectivity index (χ3v) is 2.00. The summed E-state index contributed by atoms with van der Waals surface area (Å²) >= 11 is 0. The maximum atomic E-state index is 11.3. The molecule has 0 saturated heterocycles. The third-order valence-electron chi connectivity index (χ3n) is 2.00. The second-order valence-electron chi connectivity index (χ2n) is 3.19. The molecule has 0 aromatic rings. The Morgan fingerprint density at radius 2 is 2.50 bits per heavy atom. The molecule has 3 heteroatoms. The van der Waals surface area contributed by atoms with Crippen LogP contribution in [0.2, 0.25) is 0 Å². The van der Waals surface area contributed by atoms with Crippen molar-refractivity contribution in [2.45, 2.75) is 32.8 Å². The standard InChI is InChI=1S/C11H16O3/c1-3-13-11(12)9(2)8-10-6-4-5-7-14-10/h5,7-8,10H,3-4,6H2,1-2H3/b9-8+. The van der Waals surface area contributed by atoms with Gasteiger partial charge in [0.2, 0.25) is 0 Å². The summed E-state index contributed by atoms with van der Waals surface area (Å²) in [6.07, 6.45) is 7.42. The van der Waals surface area contributed by atoms with Crippen molar-refractivity contribution in [1.29, 1.82) is 0 Å². The Morgan fingerprint density at radius 3 is 3.07 bits per heavy atom. The molecule has 0 aliphatic carbocycles. The van der Waals surface area contributed by atoms with Gasteiger partial charge in [0.25, 0.3) is 0 Å². The fraction of sp³-hybridized carbons (Fsp3) is 0.545. The highest BCUT2D eigenvalue weighted by Crippen LogP contribution is 2.13. The Morgan fingerprint density at radius 1 is 1.71 bits per heavy atom. The second-order valence-corrected chi connectivity index (χ2v) is 3.19. The molecule has 1 rings (SSSR count). The molecular weight excluding hydrogens is 180 g/mol. The van der Waals surface area contributed by atoms with E-state index in [9.17, 15) is 4.79 Å². The van der Waals surface area contributed by atoms with Crippen molar-refractivity contribution in [3.63, 3.8) is 0 Å². The largest absolute Gasteiger partial charge is 0.494 e. The van der Waals surface area contributed by atoms with Gasteiger partial charge in [0.05, 0.1) is 12.9 Å². The zero-order chi connectivity index (χ0) is 10.4. The van der Waals surface area contributed by atoms with Crippen molar-refractivity contribution in [1.82, 2.24) is 0 Å². The van der Waals surface area contributed by atoms with Crippen LogP contribution >= 0.6 is 0 Å². The van der Waals surface area contributed by atoms with Gasteiger partial charge in [0.1, 0.15) is 6.10 Å². The van der Waals surface area contributed by atoms with E-state index < -0.39 is 0 Å². The average molecular weight is 196 g/mol. The van der Waals surface area contributed by atoms with Gasteiger partial charge in [-0.25, -0.2) is 4.79 Å². The zero-order valence-electron chi connectivity index (χ0n) is 8.66. The normalized spacial score (nSPS) is 21.6. The highest BCUT2D eigenvalue weighted by atomic mass is 16.5. The predicted octanol–water partition coefficient (Wildman–Crippen LogP) is 2.19. The van der Waals surface area contributed by atoms with Gasteiger partial charge in [-0.05, 0) is 38.8 Å². The van der Waals surface area contributed by atoms with Crippen LogP contribution in [0.4, 0.5) is 0 Å². The molecule has 0 bridgehead atoms. The molecule has 1 aliphatic rings. The molecule has 1 unspecified atom stereocenters. The lowest BCUT2D eigenvalue weighted by Gasteiger charge is -2.16. The lowest BCUT2D eigenvalue weighted by Crippen LogP contribution is -2.13. The van der Waals surface area contributed by atoms with Crippen molar-refractivity contribution < 1.29 is 14.3 Å². The van der Waals surface area contributed by atoms with E-state index in [1.165, 1.54) is 0 Å². The Hall–Kier alpha value is -1.25. The quantitative estimate of drug-likeness (QED) is 0.512. The number of hydrogen-bond donors (Lipinski definition) is 0. The summed E-state index contributed by atoms with van der Waals surface area (Å²) in [7, 11) is 0. The van der Waals surface area contributed by atoms with E-state index in [-0.39, 0.29) is 12.1 Å². The van der Waals surface area contributed by atoms with Gasteiger partial charge >= 0.3 is 5.97 Å².